The molecule has 0 atom stereocenters. The molecule has 1 aliphatic heterocycles. The fourth-order valence-corrected chi connectivity index (χ4v) is 2.60. The molecule has 0 bridgehead atoms. The molecule has 4 rings (SSSR count). The van der Waals surface area contributed by atoms with Gasteiger partial charge >= 0.3 is 0 Å². The zero-order valence-electron chi connectivity index (χ0n) is 12.4. The number of ether oxygens (including phenoxy) is 2. The molecule has 116 valence electrons. The summed E-state index contributed by atoms with van der Waals surface area (Å²) in [5.41, 5.74) is 2.81. The van der Waals surface area contributed by atoms with Gasteiger partial charge in [-0.15, -0.1) is 0 Å². The van der Waals surface area contributed by atoms with Crippen LogP contribution in [-0.4, -0.2) is 22.3 Å². The third-order valence-electron chi connectivity index (χ3n) is 3.77. The molecule has 6 heteroatoms. The highest BCUT2D eigenvalue weighted by molar-refractivity contribution is 5.80. The van der Waals surface area contributed by atoms with Crippen molar-refractivity contribution in [3.8, 4) is 11.5 Å². The van der Waals surface area contributed by atoms with E-state index in [-0.39, 0.29) is 19.2 Å². The molecule has 0 spiro atoms. The van der Waals surface area contributed by atoms with Gasteiger partial charge < -0.3 is 19.4 Å². The quantitative estimate of drug-likeness (QED) is 0.801. The summed E-state index contributed by atoms with van der Waals surface area (Å²) in [7, 11) is 0. The number of rotatable bonds is 4. The average Bonchev–Trinajstić information content (AvgIpc) is 3.20. The van der Waals surface area contributed by atoms with E-state index < -0.39 is 0 Å². The van der Waals surface area contributed by atoms with Crippen LogP contribution in [0.2, 0.25) is 0 Å². The topological polar surface area (TPSA) is 65.4 Å². The zero-order chi connectivity index (χ0) is 15.6. The summed E-state index contributed by atoms with van der Waals surface area (Å²) >= 11 is 0. The van der Waals surface area contributed by atoms with E-state index in [2.05, 4.69) is 10.3 Å². The van der Waals surface area contributed by atoms with Gasteiger partial charge in [-0.05, 0) is 29.8 Å². The van der Waals surface area contributed by atoms with Crippen molar-refractivity contribution in [1.82, 2.24) is 14.9 Å². The van der Waals surface area contributed by atoms with E-state index in [1.165, 1.54) is 0 Å². The Morgan fingerprint density at radius 2 is 2.04 bits per heavy atom. The zero-order valence-corrected chi connectivity index (χ0v) is 12.4. The van der Waals surface area contributed by atoms with Gasteiger partial charge in [-0.3, -0.25) is 4.79 Å². The number of nitrogens with zero attached hydrogens (tertiary/aromatic N) is 2. The number of para-hydroxylation sites is 2. The average molecular weight is 309 g/mol. The van der Waals surface area contributed by atoms with Crippen LogP contribution in [0, 0.1) is 0 Å². The smallest absolute Gasteiger partial charge is 0.240 e. The largest absolute Gasteiger partial charge is 0.454 e. The van der Waals surface area contributed by atoms with E-state index in [0.29, 0.717) is 6.54 Å². The van der Waals surface area contributed by atoms with Crippen molar-refractivity contribution in [2.24, 2.45) is 0 Å². The molecule has 3 aromatic rings. The van der Waals surface area contributed by atoms with Gasteiger partial charge in [0.2, 0.25) is 12.7 Å². The van der Waals surface area contributed by atoms with E-state index in [1.807, 2.05) is 47.0 Å². The van der Waals surface area contributed by atoms with Crippen molar-refractivity contribution in [2.75, 3.05) is 6.79 Å². The lowest BCUT2D eigenvalue weighted by Gasteiger charge is -2.07. The van der Waals surface area contributed by atoms with Gasteiger partial charge in [0.25, 0.3) is 0 Å². The van der Waals surface area contributed by atoms with Gasteiger partial charge in [0.1, 0.15) is 6.54 Å². The van der Waals surface area contributed by atoms with E-state index in [4.69, 9.17) is 9.47 Å². The fraction of sp³-hybridized carbons (Fsp3) is 0.176. The summed E-state index contributed by atoms with van der Waals surface area (Å²) < 4.78 is 12.4. The molecule has 0 aliphatic carbocycles. The number of amides is 1. The lowest BCUT2D eigenvalue weighted by atomic mass is 10.2. The van der Waals surface area contributed by atoms with Crippen molar-refractivity contribution in [1.29, 1.82) is 0 Å². The summed E-state index contributed by atoms with van der Waals surface area (Å²) in [6, 6.07) is 13.4. The third kappa shape index (κ3) is 2.70. The second kappa shape index (κ2) is 5.64. The molecule has 1 aliphatic rings. The number of nitrogens with one attached hydrogen (secondary N) is 1. The monoisotopic (exact) mass is 309 g/mol. The molecule has 1 N–H and O–H groups in total. The number of imidazole rings is 1. The Hall–Kier alpha value is -3.02. The maximum absolute atomic E-state index is 12.1. The SMILES string of the molecule is O=C(Cn1cnc2ccccc21)NCc1ccc2c(c1)OCO2. The van der Waals surface area contributed by atoms with E-state index in [0.717, 1.165) is 28.1 Å². The Morgan fingerprint density at radius 1 is 1.17 bits per heavy atom. The molecule has 2 aromatic carbocycles. The second-order valence-electron chi connectivity index (χ2n) is 5.33. The molecule has 2 heterocycles. The molecular formula is C17H15N3O3. The van der Waals surface area contributed by atoms with Crippen molar-refractivity contribution >= 4 is 16.9 Å². The standard InChI is InChI=1S/C17H15N3O3/c21-17(9-20-10-19-13-3-1-2-4-14(13)20)18-8-12-5-6-15-16(7-12)23-11-22-15/h1-7,10H,8-9,11H2,(H,18,21). The number of fused-ring (bicyclic) bond motifs is 2. The van der Waals surface area contributed by atoms with Crippen LogP contribution in [0.5, 0.6) is 11.5 Å². The Bertz CT molecular complexity index is 872. The highest BCUT2D eigenvalue weighted by Gasteiger charge is 2.13. The minimum atomic E-state index is -0.0641. The Morgan fingerprint density at radius 3 is 3.00 bits per heavy atom. The van der Waals surface area contributed by atoms with E-state index in [1.54, 1.807) is 6.33 Å². The Kier molecular flexibility index (Phi) is 3.34. The first-order valence-corrected chi connectivity index (χ1v) is 7.35. The van der Waals surface area contributed by atoms with Crippen molar-refractivity contribution in [3.63, 3.8) is 0 Å². The predicted octanol–water partition coefficient (Wildman–Crippen LogP) is 2.08. The molecular weight excluding hydrogens is 294 g/mol. The number of hydrogen-bond donors (Lipinski definition) is 1. The van der Waals surface area contributed by atoms with Gasteiger partial charge in [0.05, 0.1) is 17.4 Å². The highest BCUT2D eigenvalue weighted by atomic mass is 16.7. The lowest BCUT2D eigenvalue weighted by Crippen LogP contribution is -2.26. The third-order valence-corrected chi connectivity index (χ3v) is 3.77. The summed E-state index contributed by atoms with van der Waals surface area (Å²) in [6.45, 7) is 0.937. The van der Waals surface area contributed by atoms with Crippen LogP contribution in [0.3, 0.4) is 0 Å². The van der Waals surface area contributed by atoms with Crippen LogP contribution in [0.25, 0.3) is 11.0 Å². The van der Waals surface area contributed by atoms with E-state index in [9.17, 15) is 4.79 Å². The number of carbonyl (C=O) groups is 1. The molecule has 6 nitrogen and oxygen atoms in total. The highest BCUT2D eigenvalue weighted by Crippen LogP contribution is 2.32. The normalized spacial score (nSPS) is 12.5. The fourth-order valence-electron chi connectivity index (χ4n) is 2.60. The molecule has 0 radical (unpaired) electrons. The van der Waals surface area contributed by atoms with Gasteiger partial charge in [0, 0.05) is 6.54 Å². The van der Waals surface area contributed by atoms with Gasteiger partial charge in [-0.1, -0.05) is 18.2 Å². The van der Waals surface area contributed by atoms with Crippen molar-refractivity contribution in [3.05, 3.63) is 54.4 Å². The molecule has 1 aromatic heterocycles. The van der Waals surface area contributed by atoms with Crippen molar-refractivity contribution < 1.29 is 14.3 Å². The predicted molar refractivity (Wildman–Crippen MR) is 84.1 cm³/mol. The molecule has 23 heavy (non-hydrogen) atoms. The molecule has 1 amide bonds. The van der Waals surface area contributed by atoms with Gasteiger partial charge in [0.15, 0.2) is 11.5 Å². The van der Waals surface area contributed by atoms with Crippen LogP contribution in [0.15, 0.2) is 48.8 Å². The second-order valence-corrected chi connectivity index (χ2v) is 5.33. The maximum atomic E-state index is 12.1. The summed E-state index contributed by atoms with van der Waals surface area (Å²) in [5.74, 6) is 1.40. The van der Waals surface area contributed by atoms with E-state index >= 15 is 0 Å². The number of benzene rings is 2. The van der Waals surface area contributed by atoms with Crippen LogP contribution in [0.4, 0.5) is 0 Å². The maximum Gasteiger partial charge on any atom is 0.240 e. The van der Waals surface area contributed by atoms with Crippen LogP contribution < -0.4 is 14.8 Å². The first-order valence-electron chi connectivity index (χ1n) is 7.35. The minimum absolute atomic E-state index is 0.0641. The molecule has 0 saturated carbocycles. The van der Waals surface area contributed by atoms with Gasteiger partial charge in [-0.2, -0.15) is 0 Å². The number of aromatic nitrogens is 2. The summed E-state index contributed by atoms with van der Waals surface area (Å²) in [6.07, 6.45) is 1.69. The summed E-state index contributed by atoms with van der Waals surface area (Å²) in [5, 5.41) is 2.91. The number of hydrogen-bond acceptors (Lipinski definition) is 4. The Balaban J connectivity index is 1.40. The van der Waals surface area contributed by atoms with Crippen LogP contribution in [-0.2, 0) is 17.9 Å². The molecule has 0 fully saturated rings. The van der Waals surface area contributed by atoms with Crippen LogP contribution >= 0.6 is 0 Å². The van der Waals surface area contributed by atoms with Gasteiger partial charge in [-0.25, -0.2) is 4.98 Å². The number of carbonyl (C=O) groups excluding carboxylic acids is 1. The first kappa shape index (κ1) is 13.6. The molecule has 0 saturated heterocycles. The Labute approximate surface area is 132 Å². The summed E-state index contributed by atoms with van der Waals surface area (Å²) in [4.78, 5) is 16.4. The minimum Gasteiger partial charge on any atom is -0.454 e. The molecule has 0 unspecified atom stereocenters. The first-order chi connectivity index (χ1) is 11.3. The van der Waals surface area contributed by atoms with Crippen molar-refractivity contribution in [2.45, 2.75) is 13.1 Å². The lowest BCUT2D eigenvalue weighted by molar-refractivity contribution is -0.121. The van der Waals surface area contributed by atoms with Crippen LogP contribution in [0.1, 0.15) is 5.56 Å².